The van der Waals surface area contributed by atoms with Gasteiger partial charge < -0.3 is 10.6 Å². The second kappa shape index (κ2) is 6.97. The van der Waals surface area contributed by atoms with Crippen molar-refractivity contribution in [2.75, 3.05) is 31.1 Å². The molecule has 1 aliphatic carbocycles. The summed E-state index contributed by atoms with van der Waals surface area (Å²) in [5.74, 6) is 1.64. The Hall–Kier alpha value is -0.820. The topological polar surface area (TPSA) is 73.8 Å². The molecule has 0 spiro atoms. The second-order valence-corrected chi connectivity index (χ2v) is 9.84. The van der Waals surface area contributed by atoms with Gasteiger partial charge in [0.25, 0.3) is 0 Å². The minimum Gasteiger partial charge on any atom is -0.354 e. The lowest BCUT2D eigenvalue weighted by molar-refractivity contribution is 0.321. The molecule has 2 aliphatic heterocycles. The van der Waals surface area contributed by atoms with Crippen molar-refractivity contribution < 1.29 is 8.42 Å². The van der Waals surface area contributed by atoms with Gasteiger partial charge in [-0.05, 0) is 45.4 Å². The summed E-state index contributed by atoms with van der Waals surface area (Å²) in [6.45, 7) is 7.07. The first-order valence-electron chi connectivity index (χ1n) is 8.93. The molecule has 0 radical (unpaired) electrons. The minimum absolute atomic E-state index is 0.178. The van der Waals surface area contributed by atoms with Crippen LogP contribution in [-0.4, -0.2) is 68.5 Å². The standard InChI is InChI=1S/C16H30N4O2S/c1-12(2)18-16(17-9-13-6-8-23(21,22)11-13)19-14-5-7-20(10-14)15-3-4-15/h12-15H,3-11H2,1-2H3,(H2,17,18,19). The van der Waals surface area contributed by atoms with Gasteiger partial charge in [0.05, 0.1) is 11.5 Å². The third-order valence-electron chi connectivity index (χ3n) is 4.88. The highest BCUT2D eigenvalue weighted by Crippen LogP contribution is 2.29. The maximum atomic E-state index is 11.6. The molecule has 2 atom stereocenters. The van der Waals surface area contributed by atoms with Crippen LogP contribution in [0.5, 0.6) is 0 Å². The molecule has 3 fully saturated rings. The fourth-order valence-electron chi connectivity index (χ4n) is 3.51. The van der Waals surface area contributed by atoms with Crippen LogP contribution in [0.15, 0.2) is 4.99 Å². The first-order valence-corrected chi connectivity index (χ1v) is 10.8. The zero-order chi connectivity index (χ0) is 16.4. The first kappa shape index (κ1) is 17.0. The zero-order valence-electron chi connectivity index (χ0n) is 14.3. The van der Waals surface area contributed by atoms with Gasteiger partial charge in [-0.15, -0.1) is 0 Å². The van der Waals surface area contributed by atoms with E-state index < -0.39 is 9.84 Å². The van der Waals surface area contributed by atoms with E-state index >= 15 is 0 Å². The summed E-state index contributed by atoms with van der Waals surface area (Å²) in [7, 11) is -2.82. The van der Waals surface area contributed by atoms with Gasteiger partial charge >= 0.3 is 0 Å². The molecule has 2 heterocycles. The van der Waals surface area contributed by atoms with Gasteiger partial charge in [-0.25, -0.2) is 8.42 Å². The normalized spacial score (nSPS) is 31.7. The summed E-state index contributed by atoms with van der Waals surface area (Å²) in [5.41, 5.74) is 0. The molecule has 7 heteroatoms. The number of nitrogens with zero attached hydrogens (tertiary/aromatic N) is 2. The van der Waals surface area contributed by atoms with E-state index in [9.17, 15) is 8.42 Å². The lowest BCUT2D eigenvalue weighted by atomic mass is 10.1. The second-order valence-electron chi connectivity index (χ2n) is 7.61. The maximum absolute atomic E-state index is 11.6. The number of nitrogens with one attached hydrogen (secondary N) is 2. The molecular weight excluding hydrogens is 312 g/mol. The van der Waals surface area contributed by atoms with Crippen molar-refractivity contribution in [3.05, 3.63) is 0 Å². The van der Waals surface area contributed by atoms with Gasteiger partial charge in [0, 0.05) is 37.8 Å². The van der Waals surface area contributed by atoms with E-state index in [-0.39, 0.29) is 5.92 Å². The Labute approximate surface area is 140 Å². The van der Waals surface area contributed by atoms with Crippen LogP contribution < -0.4 is 10.6 Å². The van der Waals surface area contributed by atoms with Crippen molar-refractivity contribution >= 4 is 15.8 Å². The minimum atomic E-state index is -2.82. The van der Waals surface area contributed by atoms with Crippen LogP contribution in [0.1, 0.15) is 39.5 Å². The molecule has 0 amide bonds. The maximum Gasteiger partial charge on any atom is 0.191 e. The van der Waals surface area contributed by atoms with Crippen molar-refractivity contribution in [2.24, 2.45) is 10.9 Å². The SMILES string of the molecule is CC(C)NC(=NCC1CCS(=O)(=O)C1)NC1CCN(C2CC2)C1. The van der Waals surface area contributed by atoms with Gasteiger partial charge in [0.1, 0.15) is 0 Å². The van der Waals surface area contributed by atoms with Crippen LogP contribution in [0, 0.1) is 5.92 Å². The van der Waals surface area contributed by atoms with Crippen LogP contribution in [0.25, 0.3) is 0 Å². The Morgan fingerprint density at radius 2 is 2.04 bits per heavy atom. The van der Waals surface area contributed by atoms with E-state index in [2.05, 4.69) is 34.4 Å². The average Bonchev–Trinajstić information content (AvgIpc) is 3.11. The van der Waals surface area contributed by atoms with Crippen LogP contribution in [-0.2, 0) is 9.84 Å². The Bertz CT molecular complexity index is 542. The van der Waals surface area contributed by atoms with Gasteiger partial charge in [-0.3, -0.25) is 9.89 Å². The molecule has 0 aromatic rings. The summed E-state index contributed by atoms with van der Waals surface area (Å²) in [5, 5.41) is 6.93. The number of hydrogen-bond donors (Lipinski definition) is 2. The largest absolute Gasteiger partial charge is 0.354 e. The first-order chi connectivity index (χ1) is 10.9. The van der Waals surface area contributed by atoms with Gasteiger partial charge in [0.2, 0.25) is 0 Å². The molecule has 132 valence electrons. The van der Waals surface area contributed by atoms with Gasteiger partial charge in [-0.2, -0.15) is 0 Å². The monoisotopic (exact) mass is 342 g/mol. The highest BCUT2D eigenvalue weighted by molar-refractivity contribution is 7.91. The fourth-order valence-corrected chi connectivity index (χ4v) is 5.36. The third kappa shape index (κ3) is 5.08. The highest BCUT2D eigenvalue weighted by Gasteiger charge is 2.34. The van der Waals surface area contributed by atoms with E-state index in [4.69, 9.17) is 0 Å². The van der Waals surface area contributed by atoms with E-state index in [1.54, 1.807) is 0 Å². The molecule has 6 nitrogen and oxygen atoms in total. The number of aliphatic imine (C=N–C) groups is 1. The summed E-state index contributed by atoms with van der Waals surface area (Å²) >= 11 is 0. The van der Waals surface area contributed by atoms with Crippen molar-refractivity contribution in [2.45, 2.75) is 57.7 Å². The van der Waals surface area contributed by atoms with Gasteiger partial charge in [-0.1, -0.05) is 0 Å². The van der Waals surface area contributed by atoms with E-state index in [0.717, 1.165) is 31.4 Å². The van der Waals surface area contributed by atoms with E-state index in [0.29, 0.717) is 30.1 Å². The predicted octanol–water partition coefficient (Wildman–Crippen LogP) is 0.601. The smallest absolute Gasteiger partial charge is 0.191 e. The van der Waals surface area contributed by atoms with E-state index in [1.807, 2.05) is 0 Å². The highest BCUT2D eigenvalue weighted by atomic mass is 32.2. The molecule has 23 heavy (non-hydrogen) atoms. The Balaban J connectivity index is 1.53. The quantitative estimate of drug-likeness (QED) is 0.565. The number of rotatable bonds is 5. The molecule has 3 aliphatic rings. The van der Waals surface area contributed by atoms with Crippen LogP contribution >= 0.6 is 0 Å². The molecular formula is C16H30N4O2S. The lowest BCUT2D eigenvalue weighted by Gasteiger charge is -2.21. The summed E-state index contributed by atoms with van der Waals surface area (Å²) in [6.07, 6.45) is 4.62. The summed E-state index contributed by atoms with van der Waals surface area (Å²) < 4.78 is 23.1. The molecule has 0 aromatic heterocycles. The lowest BCUT2D eigenvalue weighted by Crippen LogP contribution is -2.47. The predicted molar refractivity (Wildman–Crippen MR) is 93.5 cm³/mol. The van der Waals surface area contributed by atoms with Crippen LogP contribution in [0.2, 0.25) is 0 Å². The Kier molecular flexibility index (Phi) is 5.16. The summed E-state index contributed by atoms with van der Waals surface area (Å²) in [4.78, 5) is 7.25. The van der Waals surface area contributed by atoms with Crippen molar-refractivity contribution in [1.82, 2.24) is 15.5 Å². The number of sulfone groups is 1. The summed E-state index contributed by atoms with van der Waals surface area (Å²) in [6, 6.07) is 1.59. The molecule has 2 unspecified atom stereocenters. The van der Waals surface area contributed by atoms with Crippen molar-refractivity contribution in [3.63, 3.8) is 0 Å². The van der Waals surface area contributed by atoms with Crippen LogP contribution in [0.3, 0.4) is 0 Å². The van der Waals surface area contributed by atoms with E-state index in [1.165, 1.54) is 19.4 Å². The van der Waals surface area contributed by atoms with Gasteiger partial charge in [0.15, 0.2) is 15.8 Å². The average molecular weight is 343 g/mol. The molecule has 2 saturated heterocycles. The third-order valence-corrected chi connectivity index (χ3v) is 6.72. The van der Waals surface area contributed by atoms with Crippen molar-refractivity contribution in [3.8, 4) is 0 Å². The molecule has 3 rings (SSSR count). The Morgan fingerprint density at radius 3 is 2.65 bits per heavy atom. The fraction of sp³-hybridized carbons (Fsp3) is 0.938. The molecule has 2 N–H and O–H groups in total. The number of guanidine groups is 1. The number of hydrogen-bond acceptors (Lipinski definition) is 4. The number of likely N-dealkylation sites (tertiary alicyclic amines) is 1. The molecule has 0 bridgehead atoms. The Morgan fingerprint density at radius 1 is 1.26 bits per heavy atom. The molecule has 1 saturated carbocycles. The van der Waals surface area contributed by atoms with Crippen molar-refractivity contribution in [1.29, 1.82) is 0 Å². The zero-order valence-corrected chi connectivity index (χ0v) is 15.1. The van der Waals surface area contributed by atoms with Crippen LogP contribution in [0.4, 0.5) is 0 Å². The molecule has 0 aromatic carbocycles.